The molecule has 2 aromatic rings. The number of amides is 1. The van der Waals surface area contributed by atoms with Crippen LogP contribution < -0.4 is 0 Å². The zero-order valence-electron chi connectivity index (χ0n) is 14.1. The first-order valence-electron chi connectivity index (χ1n) is 8.73. The molecule has 2 aromatic heterocycles. The van der Waals surface area contributed by atoms with Crippen LogP contribution in [0.25, 0.3) is 0 Å². The van der Waals surface area contributed by atoms with Gasteiger partial charge in [-0.25, -0.2) is 4.98 Å². The fourth-order valence-electron chi connectivity index (χ4n) is 3.49. The number of carbonyl (C=O) groups is 1. The van der Waals surface area contributed by atoms with E-state index in [1.807, 2.05) is 17.0 Å². The molecule has 0 spiro atoms. The van der Waals surface area contributed by atoms with Crippen molar-refractivity contribution >= 4 is 5.91 Å². The Labute approximate surface area is 142 Å². The molecule has 1 aliphatic heterocycles. The number of fused-ring (bicyclic) bond motifs is 1. The summed E-state index contributed by atoms with van der Waals surface area (Å²) >= 11 is 0. The van der Waals surface area contributed by atoms with Crippen molar-refractivity contribution in [2.45, 2.75) is 45.4 Å². The molecule has 0 atom stereocenters. The second-order valence-corrected chi connectivity index (χ2v) is 6.98. The minimum absolute atomic E-state index is 0.269. The normalized spacial score (nSPS) is 17.8. The summed E-state index contributed by atoms with van der Waals surface area (Å²) in [7, 11) is 2.06. The molecule has 24 heavy (non-hydrogen) atoms. The molecule has 1 amide bonds. The third-order valence-corrected chi connectivity index (χ3v) is 5.06. The Morgan fingerprint density at radius 2 is 2.25 bits per heavy atom. The van der Waals surface area contributed by atoms with E-state index in [-0.39, 0.29) is 5.92 Å². The first-order valence-corrected chi connectivity index (χ1v) is 8.73. The van der Waals surface area contributed by atoms with E-state index in [9.17, 15) is 4.79 Å². The number of hydrogen-bond donors (Lipinski definition) is 0. The number of rotatable bonds is 5. The molecule has 1 aliphatic carbocycles. The maximum atomic E-state index is 12.4. The van der Waals surface area contributed by atoms with Gasteiger partial charge in [-0.15, -0.1) is 0 Å². The molecule has 6 heteroatoms. The van der Waals surface area contributed by atoms with Crippen LogP contribution in [0.2, 0.25) is 0 Å². The van der Waals surface area contributed by atoms with Gasteiger partial charge < -0.3 is 13.9 Å². The van der Waals surface area contributed by atoms with Gasteiger partial charge in [0.05, 0.1) is 25.0 Å². The van der Waals surface area contributed by atoms with Crippen molar-refractivity contribution in [2.75, 3.05) is 13.6 Å². The topological polar surface area (TPSA) is 54.5 Å². The summed E-state index contributed by atoms with van der Waals surface area (Å²) in [5.74, 6) is 2.56. The van der Waals surface area contributed by atoms with E-state index in [0.717, 1.165) is 56.3 Å². The summed E-state index contributed by atoms with van der Waals surface area (Å²) in [6, 6.07) is 3.89. The van der Waals surface area contributed by atoms with Gasteiger partial charge in [-0.2, -0.15) is 0 Å². The van der Waals surface area contributed by atoms with Crippen LogP contribution in [0.3, 0.4) is 0 Å². The predicted octanol–water partition coefficient (Wildman–Crippen LogP) is 2.25. The molecule has 6 nitrogen and oxygen atoms in total. The third-order valence-electron chi connectivity index (χ3n) is 5.06. The molecule has 0 saturated heterocycles. The lowest BCUT2D eigenvalue weighted by Gasteiger charge is -2.34. The molecular weight excluding hydrogens is 304 g/mol. The number of nitrogens with zero attached hydrogens (tertiary/aromatic N) is 4. The van der Waals surface area contributed by atoms with Gasteiger partial charge in [0, 0.05) is 31.7 Å². The monoisotopic (exact) mass is 328 g/mol. The number of furan rings is 1. The molecule has 1 fully saturated rings. The molecular formula is C18H24N4O2. The van der Waals surface area contributed by atoms with E-state index < -0.39 is 0 Å². The second kappa shape index (κ2) is 6.43. The van der Waals surface area contributed by atoms with Crippen LogP contribution in [0, 0.1) is 5.92 Å². The summed E-state index contributed by atoms with van der Waals surface area (Å²) in [6.07, 6.45) is 7.15. The summed E-state index contributed by atoms with van der Waals surface area (Å²) in [5.41, 5.74) is 1.05. The lowest BCUT2D eigenvalue weighted by atomic mass is 9.84. The smallest absolute Gasteiger partial charge is 0.226 e. The van der Waals surface area contributed by atoms with Crippen LogP contribution in [0.1, 0.15) is 36.5 Å². The standard InChI is InChI=1S/C18H24N4O2/c1-20(12-16-6-3-9-24-16)10-15-11-21-7-8-22(13-17(21)19-15)18(23)14-4-2-5-14/h3,6,9,11,14H,2,4-5,7-8,10,12-13H2,1H3. The van der Waals surface area contributed by atoms with Crippen LogP contribution in [0.4, 0.5) is 0 Å². The zero-order valence-corrected chi connectivity index (χ0v) is 14.1. The molecule has 0 bridgehead atoms. The van der Waals surface area contributed by atoms with Crippen LogP contribution >= 0.6 is 0 Å². The van der Waals surface area contributed by atoms with Crippen molar-refractivity contribution in [1.29, 1.82) is 0 Å². The zero-order chi connectivity index (χ0) is 16.5. The van der Waals surface area contributed by atoms with Gasteiger partial charge in [-0.1, -0.05) is 6.42 Å². The van der Waals surface area contributed by atoms with Crippen molar-refractivity contribution in [3.63, 3.8) is 0 Å². The van der Waals surface area contributed by atoms with Gasteiger partial charge in [0.2, 0.25) is 5.91 Å². The molecule has 0 radical (unpaired) electrons. The van der Waals surface area contributed by atoms with Gasteiger partial charge in [0.25, 0.3) is 0 Å². The minimum Gasteiger partial charge on any atom is -0.468 e. The average molecular weight is 328 g/mol. The van der Waals surface area contributed by atoms with Crippen molar-refractivity contribution in [3.8, 4) is 0 Å². The Morgan fingerprint density at radius 3 is 2.96 bits per heavy atom. The van der Waals surface area contributed by atoms with Crippen molar-refractivity contribution in [1.82, 2.24) is 19.4 Å². The summed E-state index contributed by atoms with van der Waals surface area (Å²) < 4.78 is 7.59. The average Bonchev–Trinajstić information content (AvgIpc) is 3.13. The highest BCUT2D eigenvalue weighted by Gasteiger charge is 2.31. The van der Waals surface area contributed by atoms with Crippen LogP contribution in [-0.2, 0) is 31.0 Å². The Balaban J connectivity index is 1.38. The van der Waals surface area contributed by atoms with Crippen LogP contribution in [-0.4, -0.2) is 38.9 Å². The van der Waals surface area contributed by atoms with E-state index in [1.54, 1.807) is 6.26 Å². The maximum absolute atomic E-state index is 12.4. The quantitative estimate of drug-likeness (QED) is 0.845. The lowest BCUT2D eigenvalue weighted by Crippen LogP contribution is -2.43. The van der Waals surface area contributed by atoms with E-state index in [4.69, 9.17) is 9.40 Å². The molecule has 4 rings (SSSR count). The number of imidazole rings is 1. The maximum Gasteiger partial charge on any atom is 0.226 e. The molecule has 0 unspecified atom stereocenters. The number of carbonyl (C=O) groups excluding carboxylic acids is 1. The summed E-state index contributed by atoms with van der Waals surface area (Å²) in [5, 5.41) is 0. The number of aromatic nitrogens is 2. The van der Waals surface area contributed by atoms with Gasteiger partial charge in [0.15, 0.2) is 0 Å². The fourth-order valence-corrected chi connectivity index (χ4v) is 3.49. The Hall–Kier alpha value is -2.08. The Kier molecular flexibility index (Phi) is 4.14. The van der Waals surface area contributed by atoms with E-state index in [2.05, 4.69) is 22.7 Å². The molecule has 128 valence electrons. The SMILES string of the molecule is CN(Cc1cn2c(n1)CN(C(=O)C1CCC1)CC2)Cc1ccco1. The van der Waals surface area contributed by atoms with E-state index in [1.165, 1.54) is 6.42 Å². The highest BCUT2D eigenvalue weighted by Crippen LogP contribution is 2.29. The molecule has 0 N–H and O–H groups in total. The first-order chi connectivity index (χ1) is 11.7. The van der Waals surface area contributed by atoms with Gasteiger partial charge in [0.1, 0.15) is 11.6 Å². The minimum atomic E-state index is 0.269. The summed E-state index contributed by atoms with van der Waals surface area (Å²) in [4.78, 5) is 21.3. The summed E-state index contributed by atoms with van der Waals surface area (Å²) in [6.45, 7) is 3.85. The van der Waals surface area contributed by atoms with Crippen molar-refractivity contribution in [3.05, 3.63) is 41.9 Å². The molecule has 3 heterocycles. The van der Waals surface area contributed by atoms with Crippen molar-refractivity contribution < 1.29 is 9.21 Å². The lowest BCUT2D eigenvalue weighted by molar-refractivity contribution is -0.139. The number of hydrogen-bond acceptors (Lipinski definition) is 4. The van der Waals surface area contributed by atoms with E-state index in [0.29, 0.717) is 12.5 Å². The first kappa shape index (κ1) is 15.4. The fraction of sp³-hybridized carbons (Fsp3) is 0.556. The highest BCUT2D eigenvalue weighted by molar-refractivity contribution is 5.79. The van der Waals surface area contributed by atoms with Gasteiger partial charge in [-0.05, 0) is 32.0 Å². The molecule has 2 aliphatic rings. The second-order valence-electron chi connectivity index (χ2n) is 6.98. The van der Waals surface area contributed by atoms with Crippen LogP contribution in [0.15, 0.2) is 29.0 Å². The molecule has 0 aromatic carbocycles. The van der Waals surface area contributed by atoms with Crippen molar-refractivity contribution in [2.24, 2.45) is 5.92 Å². The van der Waals surface area contributed by atoms with Gasteiger partial charge in [-0.3, -0.25) is 9.69 Å². The van der Waals surface area contributed by atoms with Gasteiger partial charge >= 0.3 is 0 Å². The predicted molar refractivity (Wildman–Crippen MR) is 88.9 cm³/mol. The largest absolute Gasteiger partial charge is 0.468 e. The van der Waals surface area contributed by atoms with E-state index >= 15 is 0 Å². The Morgan fingerprint density at radius 1 is 1.38 bits per heavy atom. The Bertz CT molecular complexity index is 703. The highest BCUT2D eigenvalue weighted by atomic mass is 16.3. The molecule has 1 saturated carbocycles. The third kappa shape index (κ3) is 3.11. The van der Waals surface area contributed by atoms with Crippen LogP contribution in [0.5, 0.6) is 0 Å².